The third kappa shape index (κ3) is 2.69. The molecule has 0 unspecified atom stereocenters. The predicted molar refractivity (Wildman–Crippen MR) is 69.0 cm³/mol. The van der Waals surface area contributed by atoms with Gasteiger partial charge < -0.3 is 4.98 Å². The van der Waals surface area contributed by atoms with E-state index >= 15 is 0 Å². The topological polar surface area (TPSA) is 79.0 Å². The van der Waals surface area contributed by atoms with Gasteiger partial charge >= 0.3 is 0 Å². The van der Waals surface area contributed by atoms with Crippen LogP contribution in [0.1, 0.15) is 5.56 Å². The van der Waals surface area contributed by atoms with Gasteiger partial charge in [-0.1, -0.05) is 6.07 Å². The molecule has 0 aliphatic heterocycles. The predicted octanol–water partition coefficient (Wildman–Crippen LogP) is 1.76. The fourth-order valence-electron chi connectivity index (χ4n) is 1.51. The van der Waals surface area contributed by atoms with Crippen LogP contribution in [0, 0.1) is 18.6 Å². The molecular weight excluding hydrogens is 290 g/mol. The highest BCUT2D eigenvalue weighted by Gasteiger charge is 2.20. The molecule has 1 aromatic carbocycles. The van der Waals surface area contributed by atoms with Crippen molar-refractivity contribution in [3.63, 3.8) is 0 Å². The molecule has 1 aromatic heterocycles. The second-order valence-electron chi connectivity index (χ2n) is 4.05. The first-order chi connectivity index (χ1) is 9.31. The molecule has 0 aliphatic rings. The van der Waals surface area contributed by atoms with Gasteiger partial charge in [-0.2, -0.15) is 0 Å². The maximum atomic E-state index is 13.7. The summed E-state index contributed by atoms with van der Waals surface area (Å²) < 4.78 is 53.0. The number of pyridine rings is 1. The summed E-state index contributed by atoms with van der Waals surface area (Å²) >= 11 is 0. The number of aromatic nitrogens is 1. The largest absolute Gasteiger partial charge is 0.328 e. The second kappa shape index (κ2) is 5.04. The Hall–Kier alpha value is -2.22. The van der Waals surface area contributed by atoms with Crippen LogP contribution in [-0.4, -0.2) is 13.4 Å². The summed E-state index contributed by atoms with van der Waals surface area (Å²) in [5.41, 5.74) is -1.14. The fraction of sp³-hybridized carbons (Fsp3) is 0.0833. The van der Waals surface area contributed by atoms with E-state index in [0.717, 1.165) is 24.4 Å². The zero-order chi connectivity index (χ0) is 14.9. The summed E-state index contributed by atoms with van der Waals surface area (Å²) in [6, 6.07) is 4.19. The van der Waals surface area contributed by atoms with Gasteiger partial charge in [-0.15, -0.1) is 0 Å². The maximum absolute atomic E-state index is 13.7. The van der Waals surface area contributed by atoms with E-state index in [1.165, 1.54) is 13.0 Å². The van der Waals surface area contributed by atoms with E-state index in [0.29, 0.717) is 0 Å². The van der Waals surface area contributed by atoms with Crippen LogP contribution < -0.4 is 10.3 Å². The number of aryl methyl sites for hydroxylation is 1. The van der Waals surface area contributed by atoms with Gasteiger partial charge in [0, 0.05) is 12.3 Å². The van der Waals surface area contributed by atoms with Crippen molar-refractivity contribution in [2.75, 3.05) is 4.72 Å². The molecule has 0 saturated heterocycles. The molecular formula is C12H10F2N2O3S. The van der Waals surface area contributed by atoms with Crippen LogP contribution in [0.15, 0.2) is 40.2 Å². The smallest absolute Gasteiger partial charge is 0.263 e. The highest BCUT2D eigenvalue weighted by atomic mass is 32.2. The lowest BCUT2D eigenvalue weighted by atomic mass is 10.2. The summed E-state index contributed by atoms with van der Waals surface area (Å²) in [5, 5.41) is 0. The Morgan fingerprint density at radius 1 is 1.15 bits per heavy atom. The average molecular weight is 300 g/mol. The van der Waals surface area contributed by atoms with Gasteiger partial charge in [0.2, 0.25) is 5.56 Å². The number of aromatic amines is 1. The van der Waals surface area contributed by atoms with E-state index in [2.05, 4.69) is 4.98 Å². The summed E-state index contributed by atoms with van der Waals surface area (Å²) in [6.45, 7) is 1.38. The number of rotatable bonds is 3. The lowest BCUT2D eigenvalue weighted by Crippen LogP contribution is -2.17. The van der Waals surface area contributed by atoms with Crippen molar-refractivity contribution in [2.45, 2.75) is 11.8 Å². The number of hydrogen-bond acceptors (Lipinski definition) is 3. The Kier molecular flexibility index (Phi) is 3.58. The van der Waals surface area contributed by atoms with E-state index in [4.69, 9.17) is 0 Å². The summed E-state index contributed by atoms with van der Waals surface area (Å²) in [4.78, 5) is 12.7. The van der Waals surface area contributed by atoms with Crippen molar-refractivity contribution in [1.82, 2.24) is 4.98 Å². The maximum Gasteiger partial charge on any atom is 0.263 e. The quantitative estimate of drug-likeness (QED) is 0.906. The second-order valence-corrected chi connectivity index (χ2v) is 5.73. The molecule has 0 bridgehead atoms. The highest BCUT2D eigenvalue weighted by molar-refractivity contribution is 7.92. The van der Waals surface area contributed by atoms with Crippen LogP contribution in [0.5, 0.6) is 0 Å². The average Bonchev–Trinajstić information content (AvgIpc) is 2.40. The van der Waals surface area contributed by atoms with Gasteiger partial charge in [-0.05, 0) is 24.6 Å². The van der Waals surface area contributed by atoms with Gasteiger partial charge in [-0.3, -0.25) is 9.52 Å². The highest BCUT2D eigenvalue weighted by Crippen LogP contribution is 2.24. The van der Waals surface area contributed by atoms with E-state index in [1.807, 2.05) is 4.72 Å². The third-order valence-electron chi connectivity index (χ3n) is 2.59. The minimum Gasteiger partial charge on any atom is -0.328 e. The van der Waals surface area contributed by atoms with E-state index in [1.54, 1.807) is 0 Å². The minimum atomic E-state index is -4.19. The molecule has 5 nitrogen and oxygen atoms in total. The van der Waals surface area contributed by atoms with E-state index in [9.17, 15) is 22.0 Å². The van der Waals surface area contributed by atoms with Crippen molar-refractivity contribution in [1.29, 1.82) is 0 Å². The number of sulfonamides is 1. The van der Waals surface area contributed by atoms with Crippen molar-refractivity contribution >= 4 is 15.7 Å². The molecule has 0 spiro atoms. The number of benzene rings is 1. The van der Waals surface area contributed by atoms with Gasteiger partial charge in [0.05, 0.1) is 0 Å². The van der Waals surface area contributed by atoms with Crippen LogP contribution in [-0.2, 0) is 10.0 Å². The molecule has 0 radical (unpaired) electrons. The Balaban J connectivity index is 2.46. The van der Waals surface area contributed by atoms with Crippen LogP contribution in [0.2, 0.25) is 0 Å². The van der Waals surface area contributed by atoms with Crippen LogP contribution >= 0.6 is 0 Å². The number of hydrogen-bond donors (Lipinski definition) is 2. The summed E-state index contributed by atoms with van der Waals surface area (Å²) in [6.07, 6.45) is 0.941. The first kappa shape index (κ1) is 14.2. The SMILES string of the molecule is Cc1ccc(F)c(NS(=O)(=O)c2ccc(=O)[nH]c2)c1F. The van der Waals surface area contributed by atoms with E-state index in [-0.39, 0.29) is 10.5 Å². The molecule has 106 valence electrons. The Bertz CT molecular complexity index is 795. The minimum absolute atomic E-state index is 0.102. The lowest BCUT2D eigenvalue weighted by molar-refractivity contribution is 0.578. The normalized spacial score (nSPS) is 11.3. The van der Waals surface area contributed by atoms with Crippen LogP contribution in [0.4, 0.5) is 14.5 Å². The molecule has 0 saturated carbocycles. The molecule has 0 fully saturated rings. The Labute approximate surface area is 113 Å². The number of nitrogens with one attached hydrogen (secondary N) is 2. The fourth-order valence-corrected chi connectivity index (χ4v) is 2.54. The van der Waals surface area contributed by atoms with Crippen molar-refractivity contribution in [3.8, 4) is 0 Å². The molecule has 0 amide bonds. The van der Waals surface area contributed by atoms with Gasteiger partial charge in [0.15, 0.2) is 5.82 Å². The monoisotopic (exact) mass is 300 g/mol. The molecule has 1 heterocycles. The number of anilines is 1. The van der Waals surface area contributed by atoms with Crippen LogP contribution in [0.25, 0.3) is 0 Å². The first-order valence-electron chi connectivity index (χ1n) is 5.47. The van der Waals surface area contributed by atoms with E-state index < -0.39 is 32.9 Å². The van der Waals surface area contributed by atoms with Crippen molar-refractivity contribution in [2.24, 2.45) is 0 Å². The van der Waals surface area contributed by atoms with Crippen molar-refractivity contribution < 1.29 is 17.2 Å². The molecule has 2 aromatic rings. The van der Waals surface area contributed by atoms with Crippen molar-refractivity contribution in [3.05, 3.63) is 58.0 Å². The third-order valence-corrected chi connectivity index (χ3v) is 3.93. The summed E-state index contributed by atoms with van der Waals surface area (Å²) in [5.74, 6) is -2.01. The number of halogens is 2. The zero-order valence-electron chi connectivity index (χ0n) is 10.3. The lowest BCUT2D eigenvalue weighted by Gasteiger charge is -2.10. The first-order valence-corrected chi connectivity index (χ1v) is 6.96. The molecule has 2 rings (SSSR count). The summed E-state index contributed by atoms with van der Waals surface area (Å²) in [7, 11) is -4.19. The van der Waals surface area contributed by atoms with Gasteiger partial charge in [0.1, 0.15) is 16.4 Å². The Morgan fingerprint density at radius 2 is 1.85 bits per heavy atom. The molecule has 0 atom stereocenters. The molecule has 2 N–H and O–H groups in total. The van der Waals surface area contributed by atoms with Gasteiger partial charge in [0.25, 0.3) is 10.0 Å². The molecule has 0 aliphatic carbocycles. The molecule has 8 heteroatoms. The standard InChI is InChI=1S/C12H10F2N2O3S/c1-7-2-4-9(13)12(11(7)14)16-20(18,19)8-3-5-10(17)15-6-8/h2-6,16H,1H3,(H,15,17). The Morgan fingerprint density at radius 3 is 2.45 bits per heavy atom. The zero-order valence-corrected chi connectivity index (χ0v) is 11.1. The molecule has 20 heavy (non-hydrogen) atoms. The van der Waals surface area contributed by atoms with Gasteiger partial charge in [-0.25, -0.2) is 17.2 Å². The van der Waals surface area contributed by atoms with Crippen LogP contribution in [0.3, 0.4) is 0 Å². The number of H-pyrrole nitrogens is 1.